The van der Waals surface area contributed by atoms with Crippen LogP contribution in [-0.2, 0) is 9.53 Å². The monoisotopic (exact) mass is 391 g/mol. The van der Waals surface area contributed by atoms with Crippen LogP contribution < -0.4 is 10.6 Å². The molecule has 2 aromatic rings. The molecule has 24 heavy (non-hydrogen) atoms. The number of aromatic nitrogens is 1. The molecule has 0 unspecified atom stereocenters. The van der Waals surface area contributed by atoms with Gasteiger partial charge in [-0.05, 0) is 49.7 Å². The molecule has 0 aliphatic rings. The molecule has 0 saturated carbocycles. The number of benzene rings is 1. The lowest BCUT2D eigenvalue weighted by Gasteiger charge is -2.09. The molecule has 0 radical (unpaired) electrons. The zero-order valence-corrected chi connectivity index (χ0v) is 15.0. The van der Waals surface area contributed by atoms with E-state index in [1.165, 1.54) is 6.20 Å². The van der Waals surface area contributed by atoms with Gasteiger partial charge in [-0.1, -0.05) is 15.9 Å². The smallest absolute Gasteiger partial charge is 0.339 e. The highest BCUT2D eigenvalue weighted by Crippen LogP contribution is 2.19. The summed E-state index contributed by atoms with van der Waals surface area (Å²) in [5, 5.41) is 5.71. The molecule has 2 rings (SSSR count). The lowest BCUT2D eigenvalue weighted by Crippen LogP contribution is -2.22. The first-order valence-corrected chi connectivity index (χ1v) is 8.22. The molecule has 0 bridgehead atoms. The largest absolute Gasteiger partial charge is 0.462 e. The number of hydrogen-bond donors (Lipinski definition) is 2. The maximum Gasteiger partial charge on any atom is 0.339 e. The van der Waals surface area contributed by atoms with Gasteiger partial charge in [0, 0.05) is 16.4 Å². The standard InChI is InChI=1S/C17H18BrN3O3/c1-3-24-17(23)12-4-7-15(19-9-12)20-10-16(22)21-13-5-6-14(18)11(2)8-13/h4-9H,3,10H2,1-2H3,(H,19,20)(H,21,22). The van der Waals surface area contributed by atoms with E-state index in [4.69, 9.17) is 4.74 Å². The summed E-state index contributed by atoms with van der Waals surface area (Å²) in [7, 11) is 0. The maximum absolute atomic E-state index is 12.0. The number of esters is 1. The summed E-state index contributed by atoms with van der Waals surface area (Å²) in [6.07, 6.45) is 1.41. The second-order valence-corrected chi connectivity index (χ2v) is 5.87. The van der Waals surface area contributed by atoms with Gasteiger partial charge >= 0.3 is 5.97 Å². The summed E-state index contributed by atoms with van der Waals surface area (Å²) in [6, 6.07) is 8.82. The number of hydrogen-bond acceptors (Lipinski definition) is 5. The molecule has 0 aliphatic heterocycles. The zero-order chi connectivity index (χ0) is 17.5. The Bertz CT molecular complexity index is 732. The van der Waals surface area contributed by atoms with E-state index in [2.05, 4.69) is 31.5 Å². The van der Waals surface area contributed by atoms with E-state index >= 15 is 0 Å². The first-order valence-electron chi connectivity index (χ1n) is 7.42. The van der Waals surface area contributed by atoms with E-state index in [0.717, 1.165) is 15.7 Å². The van der Waals surface area contributed by atoms with Gasteiger partial charge in [0.1, 0.15) is 5.82 Å². The summed E-state index contributed by atoms with van der Waals surface area (Å²) >= 11 is 3.42. The molecule has 7 heteroatoms. The molecule has 2 N–H and O–H groups in total. The van der Waals surface area contributed by atoms with Crippen LogP contribution in [0.15, 0.2) is 41.0 Å². The van der Waals surface area contributed by atoms with Gasteiger partial charge in [0.15, 0.2) is 0 Å². The van der Waals surface area contributed by atoms with Gasteiger partial charge in [0.05, 0.1) is 18.7 Å². The minimum absolute atomic E-state index is 0.0703. The zero-order valence-electron chi connectivity index (χ0n) is 13.4. The molecule has 1 aromatic heterocycles. The van der Waals surface area contributed by atoms with Crippen molar-refractivity contribution >= 4 is 39.3 Å². The molecule has 0 fully saturated rings. The Hall–Kier alpha value is -2.41. The van der Waals surface area contributed by atoms with Gasteiger partial charge in [-0.2, -0.15) is 0 Å². The summed E-state index contributed by atoms with van der Waals surface area (Å²) in [4.78, 5) is 27.6. The average Bonchev–Trinajstić information content (AvgIpc) is 2.57. The molecule has 1 aromatic carbocycles. The van der Waals surface area contributed by atoms with Gasteiger partial charge < -0.3 is 15.4 Å². The van der Waals surface area contributed by atoms with E-state index in [0.29, 0.717) is 18.0 Å². The van der Waals surface area contributed by atoms with Crippen molar-refractivity contribution in [3.05, 3.63) is 52.1 Å². The molecular formula is C17H18BrN3O3. The number of nitrogens with zero attached hydrogens (tertiary/aromatic N) is 1. The van der Waals surface area contributed by atoms with E-state index < -0.39 is 5.97 Å². The fourth-order valence-electron chi connectivity index (χ4n) is 1.93. The number of carbonyl (C=O) groups is 2. The fraction of sp³-hybridized carbons (Fsp3) is 0.235. The number of pyridine rings is 1. The topological polar surface area (TPSA) is 80.3 Å². The molecule has 0 saturated heterocycles. The summed E-state index contributed by atoms with van der Waals surface area (Å²) in [5.41, 5.74) is 2.14. The van der Waals surface area contributed by atoms with Crippen molar-refractivity contribution in [2.75, 3.05) is 23.8 Å². The van der Waals surface area contributed by atoms with Crippen molar-refractivity contribution in [3.8, 4) is 0 Å². The number of nitrogens with one attached hydrogen (secondary N) is 2. The Morgan fingerprint density at radius 2 is 2.04 bits per heavy atom. The lowest BCUT2D eigenvalue weighted by molar-refractivity contribution is -0.114. The summed E-state index contributed by atoms with van der Waals surface area (Å²) < 4.78 is 5.87. The fourth-order valence-corrected chi connectivity index (χ4v) is 2.18. The SMILES string of the molecule is CCOC(=O)c1ccc(NCC(=O)Nc2ccc(Br)c(C)c2)nc1. The molecule has 1 amide bonds. The highest BCUT2D eigenvalue weighted by Gasteiger charge is 2.08. The van der Waals surface area contributed by atoms with E-state index in [1.807, 2.05) is 25.1 Å². The van der Waals surface area contributed by atoms with Crippen molar-refractivity contribution in [3.63, 3.8) is 0 Å². The predicted molar refractivity (Wildman–Crippen MR) is 96.2 cm³/mol. The van der Waals surface area contributed by atoms with Crippen molar-refractivity contribution < 1.29 is 14.3 Å². The van der Waals surface area contributed by atoms with Gasteiger partial charge in [-0.25, -0.2) is 9.78 Å². The van der Waals surface area contributed by atoms with Gasteiger partial charge in [0.25, 0.3) is 0 Å². The molecule has 126 valence electrons. The van der Waals surface area contributed by atoms with Crippen LogP contribution >= 0.6 is 15.9 Å². The number of ether oxygens (including phenoxy) is 1. The average molecular weight is 392 g/mol. The molecule has 0 spiro atoms. The number of anilines is 2. The van der Waals surface area contributed by atoms with Crippen LogP contribution in [0.2, 0.25) is 0 Å². The minimum Gasteiger partial charge on any atom is -0.462 e. The second kappa shape index (κ2) is 8.44. The van der Waals surface area contributed by atoms with Crippen molar-refractivity contribution in [1.29, 1.82) is 0 Å². The Morgan fingerprint density at radius 3 is 2.67 bits per heavy atom. The number of rotatable bonds is 6. The third-order valence-corrected chi connectivity index (χ3v) is 4.04. The van der Waals surface area contributed by atoms with Crippen LogP contribution in [-0.4, -0.2) is 30.0 Å². The van der Waals surface area contributed by atoms with Crippen molar-refractivity contribution in [1.82, 2.24) is 4.98 Å². The highest BCUT2D eigenvalue weighted by molar-refractivity contribution is 9.10. The molecular weight excluding hydrogens is 374 g/mol. The Morgan fingerprint density at radius 1 is 1.25 bits per heavy atom. The van der Waals surface area contributed by atoms with Crippen molar-refractivity contribution in [2.45, 2.75) is 13.8 Å². The lowest BCUT2D eigenvalue weighted by atomic mass is 10.2. The van der Waals surface area contributed by atoms with Gasteiger partial charge in [0.2, 0.25) is 5.91 Å². The van der Waals surface area contributed by atoms with Crippen LogP contribution in [0.25, 0.3) is 0 Å². The van der Waals surface area contributed by atoms with Gasteiger partial charge in [-0.3, -0.25) is 4.79 Å². The molecule has 0 aliphatic carbocycles. The molecule has 1 heterocycles. The Kier molecular flexibility index (Phi) is 6.31. The third-order valence-electron chi connectivity index (χ3n) is 3.15. The number of amides is 1. The highest BCUT2D eigenvalue weighted by atomic mass is 79.9. The minimum atomic E-state index is -0.417. The van der Waals surface area contributed by atoms with E-state index in [1.54, 1.807) is 19.1 Å². The second-order valence-electron chi connectivity index (χ2n) is 5.02. The number of halogens is 1. The Balaban J connectivity index is 1.87. The molecule has 0 atom stereocenters. The van der Waals surface area contributed by atoms with Crippen LogP contribution in [0, 0.1) is 6.92 Å². The van der Waals surface area contributed by atoms with E-state index in [-0.39, 0.29) is 12.5 Å². The number of carbonyl (C=O) groups excluding carboxylic acids is 2. The first kappa shape index (κ1) is 17.9. The predicted octanol–water partition coefficient (Wildman–Crippen LogP) is 3.38. The van der Waals surface area contributed by atoms with Gasteiger partial charge in [-0.15, -0.1) is 0 Å². The summed E-state index contributed by atoms with van der Waals surface area (Å²) in [6.45, 7) is 4.08. The van der Waals surface area contributed by atoms with Crippen LogP contribution in [0.1, 0.15) is 22.8 Å². The first-order chi connectivity index (χ1) is 11.5. The van der Waals surface area contributed by atoms with Crippen molar-refractivity contribution in [2.24, 2.45) is 0 Å². The molecule has 6 nitrogen and oxygen atoms in total. The summed E-state index contributed by atoms with van der Waals surface area (Å²) in [5.74, 6) is -0.0990. The van der Waals surface area contributed by atoms with E-state index in [9.17, 15) is 9.59 Å². The van der Waals surface area contributed by atoms with Crippen LogP contribution in [0.5, 0.6) is 0 Å². The Labute approximate surface area is 148 Å². The quantitative estimate of drug-likeness (QED) is 0.737. The number of aryl methyl sites for hydroxylation is 1. The van der Waals surface area contributed by atoms with Crippen LogP contribution in [0.3, 0.4) is 0 Å². The maximum atomic E-state index is 12.0. The third kappa shape index (κ3) is 5.06. The van der Waals surface area contributed by atoms with Crippen LogP contribution in [0.4, 0.5) is 11.5 Å². The normalized spacial score (nSPS) is 10.1.